The Hall–Kier alpha value is -3.00. The van der Waals surface area contributed by atoms with Gasteiger partial charge in [0.05, 0.1) is 12.2 Å². The largest absolute Gasteiger partial charge is 0.369 e. The van der Waals surface area contributed by atoms with Crippen LogP contribution in [0.2, 0.25) is 0 Å². The average Bonchev–Trinajstić information content (AvgIpc) is 3.18. The number of piperazine rings is 1. The second-order valence-corrected chi connectivity index (χ2v) is 11.4. The fourth-order valence-electron chi connectivity index (χ4n) is 6.49. The number of amides is 1. The van der Waals surface area contributed by atoms with Crippen LogP contribution in [0.15, 0.2) is 60.3 Å². The number of rotatable bonds is 6. The maximum atomic E-state index is 12.9. The van der Waals surface area contributed by atoms with Crippen LogP contribution in [0.3, 0.4) is 0 Å². The Kier molecular flexibility index (Phi) is 7.32. The molecular weight excluding hydrogens is 490 g/mol. The van der Waals surface area contributed by atoms with Gasteiger partial charge in [0.2, 0.25) is 0 Å². The topological polar surface area (TPSA) is 61.3 Å². The second-order valence-electron chi connectivity index (χ2n) is 10.6. The molecule has 38 heavy (non-hydrogen) atoms. The first-order chi connectivity index (χ1) is 18.7. The Morgan fingerprint density at radius 3 is 2.66 bits per heavy atom. The first-order valence-corrected chi connectivity index (χ1v) is 14.7. The highest BCUT2D eigenvalue weighted by Gasteiger charge is 2.30. The highest BCUT2D eigenvalue weighted by molar-refractivity contribution is 7.96. The molecule has 0 atom stereocenters. The van der Waals surface area contributed by atoms with E-state index in [9.17, 15) is 4.79 Å². The van der Waals surface area contributed by atoms with Crippen molar-refractivity contribution >= 4 is 35.0 Å². The molecule has 1 saturated heterocycles. The van der Waals surface area contributed by atoms with Crippen LogP contribution >= 0.6 is 12.1 Å². The number of fused-ring (bicyclic) bond motifs is 5. The second kappa shape index (κ2) is 11.0. The Morgan fingerprint density at radius 1 is 1.08 bits per heavy atom. The van der Waals surface area contributed by atoms with Gasteiger partial charge in [-0.05, 0) is 60.7 Å². The van der Waals surface area contributed by atoms with Crippen molar-refractivity contribution in [3.05, 3.63) is 77.0 Å². The zero-order valence-corrected chi connectivity index (χ0v) is 23.0. The molecule has 0 unspecified atom stereocenters. The van der Waals surface area contributed by atoms with Gasteiger partial charge in [-0.1, -0.05) is 56.2 Å². The van der Waals surface area contributed by atoms with Gasteiger partial charge in [0, 0.05) is 66.0 Å². The lowest BCUT2D eigenvalue weighted by Gasteiger charge is -2.32. The number of nitrogens with one attached hydrogen (secondary N) is 3. The maximum absolute atomic E-state index is 12.9. The number of carbonyl (C=O) groups is 1. The number of nitrogens with zero attached hydrogens (tertiary/aromatic N) is 2. The van der Waals surface area contributed by atoms with Gasteiger partial charge < -0.3 is 14.8 Å². The first kappa shape index (κ1) is 25.3. The van der Waals surface area contributed by atoms with Gasteiger partial charge in [-0.3, -0.25) is 9.52 Å². The van der Waals surface area contributed by atoms with Crippen molar-refractivity contribution in [2.24, 2.45) is 0 Å². The maximum Gasteiger partial charge on any atom is 0.262 e. The van der Waals surface area contributed by atoms with Gasteiger partial charge >= 0.3 is 0 Å². The normalized spacial score (nSPS) is 17.9. The smallest absolute Gasteiger partial charge is 0.262 e. The predicted molar refractivity (Wildman–Crippen MR) is 159 cm³/mol. The van der Waals surface area contributed by atoms with Gasteiger partial charge in [-0.15, -0.1) is 0 Å². The van der Waals surface area contributed by atoms with E-state index in [-0.39, 0.29) is 5.91 Å². The molecule has 3 N–H and O–H groups in total. The number of hydrogen-bond donors (Lipinski definition) is 3. The lowest BCUT2D eigenvalue weighted by molar-refractivity contribution is 0.0984. The summed E-state index contributed by atoms with van der Waals surface area (Å²) in [6.45, 7) is 9.23. The molecule has 0 radical (unpaired) electrons. The summed E-state index contributed by atoms with van der Waals surface area (Å²) in [5, 5.41) is 4.75. The molecule has 0 spiro atoms. The summed E-state index contributed by atoms with van der Waals surface area (Å²) >= 11 is 1.20. The summed E-state index contributed by atoms with van der Waals surface area (Å²) in [7, 11) is 1.80. The molecule has 6 nitrogen and oxygen atoms in total. The van der Waals surface area contributed by atoms with Crippen LogP contribution in [-0.4, -0.2) is 48.6 Å². The van der Waals surface area contributed by atoms with Crippen LogP contribution in [-0.2, 0) is 6.54 Å². The van der Waals surface area contributed by atoms with Crippen molar-refractivity contribution in [1.82, 2.24) is 24.2 Å². The third-order valence-electron chi connectivity index (χ3n) is 8.37. The van der Waals surface area contributed by atoms with Crippen molar-refractivity contribution in [3.8, 4) is 11.3 Å². The van der Waals surface area contributed by atoms with Gasteiger partial charge in [0.15, 0.2) is 0 Å². The van der Waals surface area contributed by atoms with Crippen molar-refractivity contribution in [2.45, 2.75) is 44.6 Å². The number of aromatic nitrogens is 1. The van der Waals surface area contributed by atoms with Crippen LogP contribution in [0.1, 0.15) is 59.5 Å². The summed E-state index contributed by atoms with van der Waals surface area (Å²) in [6.07, 6.45) is 8.69. The van der Waals surface area contributed by atoms with E-state index in [0.29, 0.717) is 11.5 Å². The van der Waals surface area contributed by atoms with E-state index in [2.05, 4.69) is 73.3 Å². The van der Waals surface area contributed by atoms with Crippen molar-refractivity contribution in [3.63, 3.8) is 0 Å². The molecule has 2 aromatic carbocycles. The van der Waals surface area contributed by atoms with E-state index < -0.39 is 0 Å². The van der Waals surface area contributed by atoms with Crippen LogP contribution in [0.25, 0.3) is 28.2 Å². The molecule has 1 saturated carbocycles. The van der Waals surface area contributed by atoms with E-state index in [1.54, 1.807) is 7.05 Å². The zero-order chi connectivity index (χ0) is 26.1. The van der Waals surface area contributed by atoms with E-state index >= 15 is 0 Å². The number of allylic oxidation sites excluding steroid dienone is 1. The van der Waals surface area contributed by atoms with Crippen LogP contribution in [0.4, 0.5) is 0 Å². The lowest BCUT2D eigenvalue weighted by atomic mass is 9.81. The third kappa shape index (κ3) is 4.68. The van der Waals surface area contributed by atoms with Crippen LogP contribution in [0.5, 0.6) is 0 Å². The Bertz CT molecular complexity index is 1390. The van der Waals surface area contributed by atoms with Crippen molar-refractivity contribution in [2.75, 3.05) is 33.2 Å². The SMILES string of the molecule is C=C(C1=Cc2ccccc2-c2c(C3CCCCC3)c3ccc(C(=O)NSNC)cc3n2C1)N1CCNCC1. The van der Waals surface area contributed by atoms with Crippen LogP contribution in [0, 0.1) is 0 Å². The number of hydrogen-bond acceptors (Lipinski definition) is 5. The fourth-order valence-corrected chi connectivity index (χ4v) is 6.80. The highest BCUT2D eigenvalue weighted by atomic mass is 32.2. The molecule has 0 bridgehead atoms. The van der Waals surface area contributed by atoms with Crippen molar-refractivity contribution in [1.29, 1.82) is 0 Å². The van der Waals surface area contributed by atoms with E-state index in [1.807, 2.05) is 6.07 Å². The summed E-state index contributed by atoms with van der Waals surface area (Å²) in [5.74, 6) is 0.448. The van der Waals surface area contributed by atoms with Crippen molar-refractivity contribution < 1.29 is 4.79 Å². The average molecular weight is 528 g/mol. The molecule has 3 aromatic rings. The standard InChI is InChI=1S/C31H37N5OS/c1-21(35-16-14-33-15-17-35)25-18-23-10-6-7-11-26(23)30-29(22-8-4-3-5-9-22)27-13-12-24(31(37)34-38-32-2)19-28(27)36(30)20-25/h6-7,10-13,18-19,22,32-33H,1,3-5,8-9,14-17,20H2,2H3,(H,34,37). The molecule has 2 fully saturated rings. The minimum Gasteiger partial charge on any atom is -0.369 e. The summed E-state index contributed by atoms with van der Waals surface area (Å²) < 4.78 is 8.28. The molecule has 2 aliphatic heterocycles. The Labute approximate surface area is 229 Å². The van der Waals surface area contributed by atoms with E-state index in [1.165, 1.54) is 77.6 Å². The van der Waals surface area contributed by atoms with Gasteiger partial charge in [-0.25, -0.2) is 4.72 Å². The van der Waals surface area contributed by atoms with Gasteiger partial charge in [-0.2, -0.15) is 0 Å². The van der Waals surface area contributed by atoms with E-state index in [4.69, 9.17) is 0 Å². The first-order valence-electron chi connectivity index (χ1n) is 13.9. The summed E-state index contributed by atoms with van der Waals surface area (Å²) in [6, 6.07) is 15.1. The monoisotopic (exact) mass is 527 g/mol. The molecule has 1 aliphatic carbocycles. The number of carbonyl (C=O) groups excluding carboxylic acids is 1. The Balaban J connectivity index is 1.54. The zero-order valence-electron chi connectivity index (χ0n) is 22.2. The molecule has 6 rings (SSSR count). The molecule has 3 heterocycles. The van der Waals surface area contributed by atoms with Gasteiger partial charge in [0.25, 0.3) is 5.91 Å². The Morgan fingerprint density at radius 2 is 1.87 bits per heavy atom. The lowest BCUT2D eigenvalue weighted by Crippen LogP contribution is -2.43. The minimum atomic E-state index is -0.0870. The molecule has 3 aliphatic rings. The predicted octanol–water partition coefficient (Wildman–Crippen LogP) is 5.68. The molecule has 1 amide bonds. The van der Waals surface area contributed by atoms with Gasteiger partial charge in [0.1, 0.15) is 0 Å². The van der Waals surface area contributed by atoms with Crippen LogP contribution < -0.4 is 14.8 Å². The summed E-state index contributed by atoms with van der Waals surface area (Å²) in [4.78, 5) is 15.4. The molecule has 7 heteroatoms. The molecule has 1 aromatic heterocycles. The minimum absolute atomic E-state index is 0.0870. The third-order valence-corrected chi connectivity index (χ3v) is 8.86. The molecular formula is C31H37N5OS. The fraction of sp³-hybridized carbons (Fsp3) is 0.387. The number of benzene rings is 2. The molecule has 198 valence electrons. The summed E-state index contributed by atoms with van der Waals surface area (Å²) in [5.41, 5.74) is 9.48. The highest BCUT2D eigenvalue weighted by Crippen LogP contribution is 2.47. The van der Waals surface area contributed by atoms with E-state index in [0.717, 1.165) is 43.9 Å². The quantitative estimate of drug-likeness (QED) is 0.360.